The number of nitro groups is 1. The second kappa shape index (κ2) is 11.1. The summed E-state index contributed by atoms with van der Waals surface area (Å²) in [7, 11) is 1.43. The number of imide groups is 1. The van der Waals surface area contributed by atoms with E-state index in [9.17, 15) is 24.5 Å². The fourth-order valence-corrected chi connectivity index (χ4v) is 5.51. The summed E-state index contributed by atoms with van der Waals surface area (Å²) in [6, 6.07) is 10.4. The van der Waals surface area contributed by atoms with Crippen LogP contribution in [0.4, 0.5) is 11.4 Å². The second-order valence-electron chi connectivity index (χ2n) is 9.83. The zero-order valence-electron chi connectivity index (χ0n) is 21.7. The lowest BCUT2D eigenvalue weighted by molar-refractivity contribution is -0.383. The lowest BCUT2D eigenvalue weighted by Gasteiger charge is -2.35. The molecule has 0 atom stereocenters. The van der Waals surface area contributed by atoms with E-state index in [1.54, 1.807) is 18.2 Å². The molecule has 3 aromatic carbocycles. The number of methoxy groups -OCH3 is 1. The number of rotatable bonds is 8. The number of nitrogens with zero attached hydrogens (tertiary/aromatic N) is 3. The SMILES string of the molecule is COc1cc(N)c(Cl)cc1C(=O)OCCN1CCC(CN2C(=O)c3cccc4c([N+](=O)[O-])ccc(c34)C2=O)CC1. The standard InChI is InChI=1S/C28H27ClN4O7/c1-39-24-14-22(30)21(29)13-20(24)28(36)40-12-11-31-9-7-16(8-10-31)15-32-26(34)18-4-2-3-17-23(33(37)38)6-5-19(25(17)18)27(32)35/h2-6,13-14,16H,7-12,15,30H2,1H3. The summed E-state index contributed by atoms with van der Waals surface area (Å²) in [5.41, 5.74) is 6.73. The van der Waals surface area contributed by atoms with Crippen molar-refractivity contribution in [3.63, 3.8) is 0 Å². The Kier molecular flexibility index (Phi) is 7.59. The zero-order valence-corrected chi connectivity index (χ0v) is 22.5. The third-order valence-corrected chi connectivity index (χ3v) is 7.82. The number of nitrogens with two attached hydrogens (primary N) is 1. The van der Waals surface area contributed by atoms with E-state index in [4.69, 9.17) is 26.8 Å². The third kappa shape index (κ3) is 5.05. The summed E-state index contributed by atoms with van der Waals surface area (Å²) in [6.45, 7) is 2.40. The van der Waals surface area contributed by atoms with Crippen LogP contribution < -0.4 is 10.5 Å². The Hall–Kier alpha value is -4.22. The second-order valence-corrected chi connectivity index (χ2v) is 10.2. The molecular formula is C28H27ClN4O7. The molecule has 0 radical (unpaired) electrons. The van der Waals surface area contributed by atoms with Gasteiger partial charge >= 0.3 is 5.97 Å². The van der Waals surface area contributed by atoms with Gasteiger partial charge in [0.25, 0.3) is 17.5 Å². The number of carbonyl (C=O) groups is 3. The first-order valence-electron chi connectivity index (χ1n) is 12.8. The number of hydrogen-bond donors (Lipinski definition) is 1. The molecule has 0 saturated carbocycles. The highest BCUT2D eigenvalue weighted by atomic mass is 35.5. The molecule has 5 rings (SSSR count). The number of ether oxygens (including phenoxy) is 2. The van der Waals surface area contributed by atoms with Crippen LogP contribution in [0.2, 0.25) is 5.02 Å². The first-order valence-corrected chi connectivity index (χ1v) is 13.2. The number of nitrogen functional groups attached to an aromatic ring is 1. The number of amides is 2. The Labute approximate surface area is 234 Å². The van der Waals surface area contributed by atoms with Gasteiger partial charge in [0.1, 0.15) is 17.9 Å². The van der Waals surface area contributed by atoms with Crippen LogP contribution in [-0.4, -0.2) is 72.4 Å². The Morgan fingerprint density at radius 2 is 1.82 bits per heavy atom. The molecule has 0 aromatic heterocycles. The first-order chi connectivity index (χ1) is 19.2. The average molecular weight is 567 g/mol. The van der Waals surface area contributed by atoms with Crippen LogP contribution >= 0.6 is 11.6 Å². The number of benzene rings is 3. The van der Waals surface area contributed by atoms with Crippen molar-refractivity contribution in [1.29, 1.82) is 0 Å². The lowest BCUT2D eigenvalue weighted by atomic mass is 9.91. The van der Waals surface area contributed by atoms with Gasteiger partial charge < -0.3 is 15.2 Å². The fraction of sp³-hybridized carbons (Fsp3) is 0.321. The van der Waals surface area contributed by atoms with Crippen molar-refractivity contribution in [1.82, 2.24) is 9.80 Å². The Morgan fingerprint density at radius 3 is 2.50 bits per heavy atom. The van der Waals surface area contributed by atoms with Gasteiger partial charge in [0, 0.05) is 41.7 Å². The van der Waals surface area contributed by atoms with Crippen molar-refractivity contribution in [2.75, 3.05) is 45.6 Å². The normalized spacial score (nSPS) is 15.9. The molecule has 11 nitrogen and oxygen atoms in total. The highest BCUT2D eigenvalue weighted by molar-refractivity contribution is 6.33. The maximum Gasteiger partial charge on any atom is 0.342 e. The third-order valence-electron chi connectivity index (χ3n) is 7.49. The van der Waals surface area contributed by atoms with E-state index in [0.717, 1.165) is 12.8 Å². The Bertz CT molecular complexity index is 1510. The molecule has 2 amide bonds. The summed E-state index contributed by atoms with van der Waals surface area (Å²) < 4.78 is 10.6. The molecule has 208 valence electrons. The number of halogens is 1. The maximum atomic E-state index is 13.3. The zero-order chi connectivity index (χ0) is 28.6. The number of hydrogen-bond acceptors (Lipinski definition) is 9. The molecule has 12 heteroatoms. The molecule has 1 saturated heterocycles. The maximum absolute atomic E-state index is 13.3. The molecule has 0 aliphatic carbocycles. The van der Waals surface area contributed by atoms with Crippen molar-refractivity contribution in [3.8, 4) is 5.75 Å². The van der Waals surface area contributed by atoms with E-state index in [1.807, 2.05) is 0 Å². The number of piperidine rings is 1. The average Bonchev–Trinajstić information content (AvgIpc) is 2.95. The minimum atomic E-state index is -0.559. The summed E-state index contributed by atoms with van der Waals surface area (Å²) in [6.07, 6.45) is 1.51. The van der Waals surface area contributed by atoms with Crippen molar-refractivity contribution in [3.05, 3.63) is 74.3 Å². The van der Waals surface area contributed by atoms with Gasteiger partial charge in [-0.3, -0.25) is 29.5 Å². The lowest BCUT2D eigenvalue weighted by Crippen LogP contribution is -2.45. The minimum Gasteiger partial charge on any atom is -0.496 e. The van der Waals surface area contributed by atoms with Crippen LogP contribution in [0.3, 0.4) is 0 Å². The molecule has 2 aliphatic rings. The molecule has 3 aromatic rings. The highest BCUT2D eigenvalue weighted by Gasteiger charge is 2.36. The smallest absolute Gasteiger partial charge is 0.342 e. The topological polar surface area (TPSA) is 145 Å². The van der Waals surface area contributed by atoms with Gasteiger partial charge in [-0.25, -0.2) is 4.79 Å². The van der Waals surface area contributed by atoms with Gasteiger partial charge in [-0.2, -0.15) is 0 Å². The molecule has 1 fully saturated rings. The molecule has 40 heavy (non-hydrogen) atoms. The first kappa shape index (κ1) is 27.4. The number of carbonyl (C=O) groups excluding carboxylic acids is 3. The predicted molar refractivity (Wildman–Crippen MR) is 148 cm³/mol. The van der Waals surface area contributed by atoms with Crippen LogP contribution in [-0.2, 0) is 4.74 Å². The fourth-order valence-electron chi connectivity index (χ4n) is 5.35. The van der Waals surface area contributed by atoms with Crippen molar-refractivity contribution in [2.45, 2.75) is 12.8 Å². The summed E-state index contributed by atoms with van der Waals surface area (Å²) in [4.78, 5) is 53.5. The van der Waals surface area contributed by atoms with Crippen molar-refractivity contribution in [2.24, 2.45) is 5.92 Å². The van der Waals surface area contributed by atoms with Crippen molar-refractivity contribution >= 4 is 51.5 Å². The van der Waals surface area contributed by atoms with Crippen LogP contribution in [0.15, 0.2) is 42.5 Å². The minimum absolute atomic E-state index is 0.103. The van der Waals surface area contributed by atoms with E-state index < -0.39 is 22.7 Å². The van der Waals surface area contributed by atoms with E-state index in [2.05, 4.69) is 4.90 Å². The van der Waals surface area contributed by atoms with Crippen molar-refractivity contribution < 1.29 is 28.8 Å². The van der Waals surface area contributed by atoms with Gasteiger partial charge in [0.2, 0.25) is 0 Å². The Morgan fingerprint density at radius 1 is 1.12 bits per heavy atom. The Balaban J connectivity index is 1.17. The molecule has 2 N–H and O–H groups in total. The van der Waals surface area contributed by atoms with Gasteiger partial charge in [0.15, 0.2) is 0 Å². The van der Waals surface area contributed by atoms with Crippen LogP contribution in [0, 0.1) is 16.0 Å². The molecule has 0 spiro atoms. The number of esters is 1. The molecular weight excluding hydrogens is 540 g/mol. The van der Waals surface area contributed by atoms with Crippen LogP contribution in [0.1, 0.15) is 43.9 Å². The van der Waals surface area contributed by atoms with Gasteiger partial charge in [-0.15, -0.1) is 0 Å². The van der Waals surface area contributed by atoms with Gasteiger partial charge in [-0.05, 0) is 56.1 Å². The summed E-state index contributed by atoms with van der Waals surface area (Å²) >= 11 is 6.04. The van der Waals surface area contributed by atoms with E-state index >= 15 is 0 Å². The number of likely N-dealkylation sites (tertiary alicyclic amines) is 1. The van der Waals surface area contributed by atoms with E-state index in [1.165, 1.54) is 36.3 Å². The quantitative estimate of drug-likeness (QED) is 0.140. The molecule has 0 unspecified atom stereocenters. The summed E-state index contributed by atoms with van der Waals surface area (Å²) in [5, 5.41) is 12.3. The number of anilines is 1. The highest BCUT2D eigenvalue weighted by Crippen LogP contribution is 2.36. The number of nitro benzene ring substituents is 1. The van der Waals surface area contributed by atoms with Crippen LogP contribution in [0.5, 0.6) is 5.75 Å². The van der Waals surface area contributed by atoms with Gasteiger partial charge in [0.05, 0.1) is 28.1 Å². The molecule has 2 heterocycles. The monoisotopic (exact) mass is 566 g/mol. The van der Waals surface area contributed by atoms with Gasteiger partial charge in [-0.1, -0.05) is 17.7 Å². The van der Waals surface area contributed by atoms with E-state index in [-0.39, 0.29) is 46.5 Å². The predicted octanol–water partition coefficient (Wildman–Crippen LogP) is 4.16. The van der Waals surface area contributed by atoms with Crippen LogP contribution in [0.25, 0.3) is 10.8 Å². The largest absolute Gasteiger partial charge is 0.496 e. The van der Waals surface area contributed by atoms with E-state index in [0.29, 0.717) is 41.8 Å². The summed E-state index contributed by atoms with van der Waals surface area (Å²) in [5.74, 6) is -1.04. The number of non-ortho nitro benzene ring substituents is 1. The molecule has 0 bridgehead atoms. The molecule has 2 aliphatic heterocycles.